The maximum Gasteiger partial charge on any atom is 0.320 e. The smallest absolute Gasteiger partial charge is 0.320 e. The van der Waals surface area contributed by atoms with Crippen molar-refractivity contribution >= 4 is 22.3 Å². The molecule has 2 N–H and O–H groups in total. The van der Waals surface area contributed by atoms with Gasteiger partial charge in [0.25, 0.3) is 0 Å². The Bertz CT molecular complexity index is 576. The minimum atomic E-state index is -0.847. The molecule has 1 atom stereocenters. The third-order valence-corrected chi connectivity index (χ3v) is 3.70. The molecule has 0 spiro atoms. The van der Waals surface area contributed by atoms with Gasteiger partial charge in [-0.1, -0.05) is 13.8 Å². The Balaban J connectivity index is 2.20. The van der Waals surface area contributed by atoms with E-state index in [0.717, 1.165) is 10.7 Å². The zero-order valence-electron chi connectivity index (χ0n) is 11.1. The molecule has 1 unspecified atom stereocenters. The fourth-order valence-electron chi connectivity index (χ4n) is 1.95. The molecule has 0 aliphatic rings. The maximum absolute atomic E-state index is 11.2. The van der Waals surface area contributed by atoms with E-state index in [4.69, 9.17) is 9.84 Å². The molecule has 2 rings (SSSR count). The zero-order chi connectivity index (χ0) is 14.0. The van der Waals surface area contributed by atoms with Crippen LogP contribution < -0.4 is 10.1 Å². The fourth-order valence-corrected chi connectivity index (χ4v) is 2.68. The van der Waals surface area contributed by atoms with E-state index in [1.54, 1.807) is 7.11 Å². The summed E-state index contributed by atoms with van der Waals surface area (Å²) in [5, 5.41) is 14.1. The number of hydrogen-bond acceptors (Lipinski definition) is 5. The van der Waals surface area contributed by atoms with E-state index in [1.165, 1.54) is 11.3 Å². The van der Waals surface area contributed by atoms with Crippen molar-refractivity contribution in [2.75, 3.05) is 7.11 Å². The molecule has 2 heterocycles. The first-order valence-corrected chi connectivity index (χ1v) is 6.87. The predicted octanol–water partition coefficient (Wildman–Crippen LogP) is 1.60. The highest BCUT2D eigenvalue weighted by Crippen LogP contribution is 2.23. The lowest BCUT2D eigenvalue weighted by Crippen LogP contribution is -2.40. The third kappa shape index (κ3) is 2.71. The molecular weight excluding hydrogens is 266 g/mol. The molecular formula is C12H17N3O3S. The summed E-state index contributed by atoms with van der Waals surface area (Å²) in [6.07, 6.45) is 1.90. The molecule has 0 aliphatic carbocycles. The van der Waals surface area contributed by atoms with Gasteiger partial charge in [0.15, 0.2) is 4.96 Å². The van der Waals surface area contributed by atoms with Crippen LogP contribution in [-0.2, 0) is 11.3 Å². The third-order valence-electron chi connectivity index (χ3n) is 2.94. The molecule has 6 nitrogen and oxygen atoms in total. The van der Waals surface area contributed by atoms with Gasteiger partial charge in [0.2, 0.25) is 5.88 Å². The van der Waals surface area contributed by atoms with Gasteiger partial charge in [0, 0.05) is 18.1 Å². The number of imidazole rings is 1. The molecule has 0 saturated carbocycles. The van der Waals surface area contributed by atoms with Gasteiger partial charge in [-0.15, -0.1) is 11.3 Å². The molecule has 2 aromatic rings. The van der Waals surface area contributed by atoms with Crippen molar-refractivity contribution in [3.8, 4) is 5.88 Å². The molecule has 0 aromatic carbocycles. The number of nitrogens with zero attached hydrogens (tertiary/aromatic N) is 2. The molecule has 7 heteroatoms. The molecule has 0 fully saturated rings. The summed E-state index contributed by atoms with van der Waals surface area (Å²) < 4.78 is 7.14. The van der Waals surface area contributed by atoms with Gasteiger partial charge in [-0.3, -0.25) is 14.5 Å². The van der Waals surface area contributed by atoms with Crippen LogP contribution in [0.2, 0.25) is 0 Å². The van der Waals surface area contributed by atoms with Crippen molar-refractivity contribution in [3.05, 3.63) is 17.3 Å². The second kappa shape index (κ2) is 5.58. The maximum atomic E-state index is 11.2. The number of aliphatic carboxylic acids is 1. The second-order valence-electron chi connectivity index (χ2n) is 4.56. The average molecular weight is 283 g/mol. The van der Waals surface area contributed by atoms with E-state index in [9.17, 15) is 4.79 Å². The van der Waals surface area contributed by atoms with Crippen molar-refractivity contribution in [3.63, 3.8) is 0 Å². The van der Waals surface area contributed by atoms with Crippen LogP contribution in [0.15, 0.2) is 11.6 Å². The number of carboxylic acid groups (broad SMARTS) is 1. The number of ether oxygens (including phenoxy) is 1. The van der Waals surface area contributed by atoms with Crippen LogP contribution in [0.1, 0.15) is 19.5 Å². The Kier molecular flexibility index (Phi) is 4.06. The van der Waals surface area contributed by atoms with Crippen molar-refractivity contribution in [2.45, 2.75) is 26.4 Å². The first-order chi connectivity index (χ1) is 9.04. The highest BCUT2D eigenvalue weighted by atomic mass is 32.1. The number of aromatic nitrogens is 2. The molecule has 0 radical (unpaired) electrons. The SMILES string of the molecule is COc1nc2sccn2c1CNC(C(=O)O)C(C)C. The van der Waals surface area contributed by atoms with Crippen LogP contribution in [0.4, 0.5) is 0 Å². The monoisotopic (exact) mass is 283 g/mol. The average Bonchev–Trinajstić information content (AvgIpc) is 2.89. The number of carboxylic acids is 1. The number of hydrogen-bond donors (Lipinski definition) is 2. The van der Waals surface area contributed by atoms with Gasteiger partial charge < -0.3 is 9.84 Å². The Hall–Kier alpha value is -1.60. The zero-order valence-corrected chi connectivity index (χ0v) is 11.9. The summed E-state index contributed by atoms with van der Waals surface area (Å²) in [6.45, 7) is 4.15. The van der Waals surface area contributed by atoms with E-state index in [-0.39, 0.29) is 5.92 Å². The van der Waals surface area contributed by atoms with E-state index in [0.29, 0.717) is 12.4 Å². The number of rotatable bonds is 6. The summed E-state index contributed by atoms with van der Waals surface area (Å²) in [5.74, 6) is -0.304. The van der Waals surface area contributed by atoms with Crippen molar-refractivity contribution in [1.82, 2.24) is 14.7 Å². The normalized spacial score (nSPS) is 13.1. The van der Waals surface area contributed by atoms with E-state index in [2.05, 4.69) is 10.3 Å². The lowest BCUT2D eigenvalue weighted by atomic mass is 10.0. The molecule has 0 amide bonds. The summed E-state index contributed by atoms with van der Waals surface area (Å²) in [7, 11) is 1.56. The molecule has 2 aromatic heterocycles. The lowest BCUT2D eigenvalue weighted by Gasteiger charge is -2.17. The summed E-state index contributed by atoms with van der Waals surface area (Å²) in [5.41, 5.74) is 0.839. The van der Waals surface area contributed by atoms with Crippen molar-refractivity contribution in [2.24, 2.45) is 5.92 Å². The molecule has 0 saturated heterocycles. The van der Waals surface area contributed by atoms with Crippen LogP contribution in [0.25, 0.3) is 4.96 Å². The van der Waals surface area contributed by atoms with E-state index < -0.39 is 12.0 Å². The number of nitrogens with one attached hydrogen (secondary N) is 1. The van der Waals surface area contributed by atoms with Gasteiger partial charge in [-0.2, -0.15) is 4.98 Å². The van der Waals surface area contributed by atoms with E-state index >= 15 is 0 Å². The van der Waals surface area contributed by atoms with Crippen molar-refractivity contribution in [1.29, 1.82) is 0 Å². The van der Waals surface area contributed by atoms with Gasteiger partial charge >= 0.3 is 5.97 Å². The van der Waals surface area contributed by atoms with E-state index in [1.807, 2.05) is 29.8 Å². The van der Waals surface area contributed by atoms with Gasteiger partial charge in [0.1, 0.15) is 11.7 Å². The first kappa shape index (κ1) is 13.8. The Morgan fingerprint density at radius 2 is 2.37 bits per heavy atom. The fraction of sp³-hybridized carbons (Fsp3) is 0.500. The lowest BCUT2D eigenvalue weighted by molar-refractivity contribution is -0.140. The van der Waals surface area contributed by atoms with Crippen LogP contribution in [0.3, 0.4) is 0 Å². The molecule has 104 valence electrons. The summed E-state index contributed by atoms with van der Waals surface area (Å²) >= 11 is 1.51. The Labute approximate surface area is 115 Å². The van der Waals surface area contributed by atoms with Gasteiger partial charge in [-0.05, 0) is 5.92 Å². The Morgan fingerprint density at radius 1 is 1.63 bits per heavy atom. The standard InChI is InChI=1S/C12H17N3O3S/c1-7(2)9(11(16)17)13-6-8-10(18-3)14-12-15(8)4-5-19-12/h4-5,7,9,13H,6H2,1-3H3,(H,16,17). The summed E-state index contributed by atoms with van der Waals surface area (Å²) in [6, 6.07) is -0.589. The van der Waals surface area contributed by atoms with Crippen LogP contribution in [-0.4, -0.2) is 33.6 Å². The van der Waals surface area contributed by atoms with Crippen LogP contribution in [0, 0.1) is 5.92 Å². The minimum Gasteiger partial charge on any atom is -0.480 e. The summed E-state index contributed by atoms with van der Waals surface area (Å²) in [4.78, 5) is 16.3. The quantitative estimate of drug-likeness (QED) is 0.842. The number of methoxy groups -OCH3 is 1. The highest BCUT2D eigenvalue weighted by Gasteiger charge is 2.22. The second-order valence-corrected chi connectivity index (χ2v) is 5.44. The largest absolute Gasteiger partial charge is 0.480 e. The predicted molar refractivity (Wildman–Crippen MR) is 72.7 cm³/mol. The van der Waals surface area contributed by atoms with Crippen LogP contribution in [0.5, 0.6) is 5.88 Å². The molecule has 0 aliphatic heterocycles. The number of thiazole rings is 1. The van der Waals surface area contributed by atoms with Crippen LogP contribution >= 0.6 is 11.3 Å². The first-order valence-electron chi connectivity index (χ1n) is 5.99. The molecule has 19 heavy (non-hydrogen) atoms. The number of carbonyl (C=O) groups is 1. The minimum absolute atomic E-state index is 0.00869. The van der Waals surface area contributed by atoms with Gasteiger partial charge in [0.05, 0.1) is 7.11 Å². The van der Waals surface area contributed by atoms with Gasteiger partial charge in [-0.25, -0.2) is 0 Å². The Morgan fingerprint density at radius 3 is 2.95 bits per heavy atom. The van der Waals surface area contributed by atoms with Crippen molar-refractivity contribution < 1.29 is 14.6 Å². The molecule has 0 bridgehead atoms. The highest BCUT2D eigenvalue weighted by molar-refractivity contribution is 7.15. The number of fused-ring (bicyclic) bond motifs is 1. The topological polar surface area (TPSA) is 75.9 Å².